The van der Waals surface area contributed by atoms with Crippen molar-refractivity contribution in [2.75, 3.05) is 13.6 Å². The van der Waals surface area contributed by atoms with Crippen molar-refractivity contribution in [1.29, 1.82) is 0 Å². The van der Waals surface area contributed by atoms with Crippen LogP contribution in [0.25, 0.3) is 0 Å². The quantitative estimate of drug-likeness (QED) is 0.687. The van der Waals surface area contributed by atoms with Gasteiger partial charge in [-0.1, -0.05) is 6.92 Å². The van der Waals surface area contributed by atoms with Crippen molar-refractivity contribution >= 4 is 29.5 Å². The lowest BCUT2D eigenvalue weighted by molar-refractivity contribution is -0.130. The third kappa shape index (κ3) is 4.16. The van der Waals surface area contributed by atoms with Crippen molar-refractivity contribution in [3.8, 4) is 0 Å². The molecule has 0 fully saturated rings. The molecule has 0 unspecified atom stereocenters. The first-order valence-electron chi connectivity index (χ1n) is 4.17. The van der Waals surface area contributed by atoms with E-state index >= 15 is 0 Å². The molecule has 0 radical (unpaired) electrons. The second-order valence-corrected chi connectivity index (χ2v) is 4.50. The number of carbonyl (C=O) groups excluding carboxylic acids is 1. The zero-order chi connectivity index (χ0) is 10.6. The maximum Gasteiger partial charge on any atom is 0.222 e. The van der Waals surface area contributed by atoms with Crippen LogP contribution in [0.4, 0.5) is 0 Å². The standard InChI is InChI=1S/C8H16Cl2N2O/c1-5-7(13)11(4)6-8(2,3)12(9)10/h5-6H2,1-4H3. The molecule has 0 N–H and O–H groups in total. The Labute approximate surface area is 89.8 Å². The van der Waals surface area contributed by atoms with Gasteiger partial charge in [-0.3, -0.25) is 4.79 Å². The highest BCUT2D eigenvalue weighted by Gasteiger charge is 2.27. The molecule has 0 heterocycles. The SMILES string of the molecule is CCC(=O)N(C)CC(C)(C)N(Cl)Cl. The highest BCUT2D eigenvalue weighted by atomic mass is 35.5. The summed E-state index contributed by atoms with van der Waals surface area (Å²) in [4.78, 5) is 12.9. The van der Waals surface area contributed by atoms with E-state index in [4.69, 9.17) is 23.6 Å². The number of nitrogens with zero attached hydrogens (tertiary/aromatic N) is 2. The van der Waals surface area contributed by atoms with E-state index in [1.54, 1.807) is 11.9 Å². The molecule has 0 spiro atoms. The molecule has 0 aliphatic carbocycles. The molecule has 0 aliphatic rings. The van der Waals surface area contributed by atoms with Crippen molar-refractivity contribution < 1.29 is 4.79 Å². The number of hydrogen-bond donors (Lipinski definition) is 0. The van der Waals surface area contributed by atoms with Crippen LogP contribution in [0.2, 0.25) is 0 Å². The maximum absolute atomic E-state index is 11.2. The van der Waals surface area contributed by atoms with Gasteiger partial charge in [-0.25, -0.2) is 0 Å². The summed E-state index contributed by atoms with van der Waals surface area (Å²) in [6.07, 6.45) is 0.497. The van der Waals surface area contributed by atoms with Gasteiger partial charge in [0.25, 0.3) is 0 Å². The molecule has 0 aliphatic heterocycles. The molecule has 0 aromatic heterocycles. The van der Waals surface area contributed by atoms with Crippen molar-refractivity contribution in [3.63, 3.8) is 0 Å². The Morgan fingerprint density at radius 3 is 2.15 bits per heavy atom. The van der Waals surface area contributed by atoms with E-state index in [2.05, 4.69) is 0 Å². The molecular weight excluding hydrogens is 211 g/mol. The summed E-state index contributed by atoms with van der Waals surface area (Å²) in [5.74, 6) is 0.0864. The Morgan fingerprint density at radius 1 is 1.38 bits per heavy atom. The Kier molecular flexibility index (Phi) is 5.04. The molecule has 0 saturated heterocycles. The molecule has 0 rings (SSSR count). The fraction of sp³-hybridized carbons (Fsp3) is 0.875. The molecule has 13 heavy (non-hydrogen) atoms. The van der Waals surface area contributed by atoms with Crippen LogP contribution in [0.3, 0.4) is 0 Å². The summed E-state index contributed by atoms with van der Waals surface area (Å²) >= 11 is 11.2. The molecule has 0 bridgehead atoms. The molecule has 3 nitrogen and oxygen atoms in total. The third-order valence-corrected chi connectivity index (χ3v) is 2.73. The first-order chi connectivity index (χ1) is 5.81. The van der Waals surface area contributed by atoms with Gasteiger partial charge in [0.1, 0.15) is 0 Å². The van der Waals surface area contributed by atoms with Gasteiger partial charge in [0.2, 0.25) is 5.91 Å². The predicted molar refractivity (Wildman–Crippen MR) is 55.6 cm³/mol. The third-order valence-electron chi connectivity index (χ3n) is 1.81. The Bertz CT molecular complexity index is 183. The van der Waals surface area contributed by atoms with Crippen LogP contribution in [0, 0.1) is 0 Å². The van der Waals surface area contributed by atoms with E-state index in [9.17, 15) is 4.79 Å². The van der Waals surface area contributed by atoms with Crippen LogP contribution in [0.15, 0.2) is 0 Å². The molecule has 0 aromatic carbocycles. The van der Waals surface area contributed by atoms with Crippen molar-refractivity contribution in [2.45, 2.75) is 32.7 Å². The molecular formula is C8H16Cl2N2O. The number of halogens is 2. The zero-order valence-corrected chi connectivity index (χ0v) is 9.98. The highest BCUT2D eigenvalue weighted by molar-refractivity contribution is 6.34. The number of carbonyl (C=O) groups is 1. The summed E-state index contributed by atoms with van der Waals surface area (Å²) < 4.78 is 1.08. The number of rotatable bonds is 4. The van der Waals surface area contributed by atoms with Gasteiger partial charge in [-0.15, -0.1) is 3.94 Å². The van der Waals surface area contributed by atoms with Crippen LogP contribution in [0.5, 0.6) is 0 Å². The van der Waals surface area contributed by atoms with E-state index in [0.29, 0.717) is 13.0 Å². The van der Waals surface area contributed by atoms with Gasteiger partial charge in [0.05, 0.1) is 5.54 Å². The van der Waals surface area contributed by atoms with Gasteiger partial charge in [-0.2, -0.15) is 0 Å². The molecule has 1 amide bonds. The summed E-state index contributed by atoms with van der Waals surface area (Å²) in [5.41, 5.74) is -0.428. The smallest absolute Gasteiger partial charge is 0.222 e. The molecule has 0 saturated carbocycles. The van der Waals surface area contributed by atoms with Crippen molar-refractivity contribution in [2.24, 2.45) is 0 Å². The average Bonchev–Trinajstić information content (AvgIpc) is 2.01. The second kappa shape index (κ2) is 5.03. The summed E-state index contributed by atoms with van der Waals surface area (Å²) in [6, 6.07) is 0. The van der Waals surface area contributed by atoms with Gasteiger partial charge in [0, 0.05) is 20.0 Å². The number of hydrogen-bond acceptors (Lipinski definition) is 2. The Morgan fingerprint density at radius 2 is 1.85 bits per heavy atom. The van der Waals surface area contributed by atoms with Crippen LogP contribution in [-0.2, 0) is 4.79 Å². The van der Waals surface area contributed by atoms with E-state index in [1.165, 1.54) is 0 Å². The predicted octanol–water partition coefficient (Wildman–Crippen LogP) is 2.24. The number of likely N-dealkylation sites (N-methyl/N-ethyl adjacent to an activating group) is 1. The van der Waals surface area contributed by atoms with E-state index < -0.39 is 5.54 Å². The molecule has 0 aromatic rings. The first-order valence-corrected chi connectivity index (χ1v) is 4.84. The first kappa shape index (κ1) is 13.0. The minimum atomic E-state index is -0.428. The minimum absolute atomic E-state index is 0.0864. The van der Waals surface area contributed by atoms with Crippen LogP contribution < -0.4 is 0 Å². The fourth-order valence-corrected chi connectivity index (χ4v) is 1.10. The Balaban J connectivity index is 4.19. The van der Waals surface area contributed by atoms with Gasteiger partial charge >= 0.3 is 0 Å². The lowest BCUT2D eigenvalue weighted by atomic mass is 10.1. The zero-order valence-electron chi connectivity index (χ0n) is 8.47. The maximum atomic E-state index is 11.2. The van der Waals surface area contributed by atoms with Gasteiger partial charge in [0.15, 0.2) is 0 Å². The van der Waals surface area contributed by atoms with E-state index in [0.717, 1.165) is 3.94 Å². The lowest BCUT2D eigenvalue weighted by Crippen LogP contribution is -2.44. The summed E-state index contributed by atoms with van der Waals surface area (Å²) in [5, 5.41) is 0. The fourth-order valence-electron chi connectivity index (χ4n) is 0.992. The summed E-state index contributed by atoms with van der Waals surface area (Å²) in [7, 11) is 1.74. The largest absolute Gasteiger partial charge is 0.344 e. The van der Waals surface area contributed by atoms with Gasteiger partial charge < -0.3 is 4.90 Å². The van der Waals surface area contributed by atoms with Crippen molar-refractivity contribution in [1.82, 2.24) is 8.84 Å². The van der Waals surface area contributed by atoms with E-state index in [1.807, 2.05) is 20.8 Å². The van der Waals surface area contributed by atoms with Crippen LogP contribution in [0.1, 0.15) is 27.2 Å². The Hall–Kier alpha value is 0.01000. The van der Waals surface area contributed by atoms with Crippen LogP contribution in [-0.4, -0.2) is 33.9 Å². The molecule has 78 valence electrons. The number of amides is 1. The molecule has 5 heteroatoms. The minimum Gasteiger partial charge on any atom is -0.344 e. The van der Waals surface area contributed by atoms with Crippen LogP contribution >= 0.6 is 23.6 Å². The molecule has 0 atom stereocenters. The van der Waals surface area contributed by atoms with Gasteiger partial charge in [-0.05, 0) is 37.4 Å². The summed E-state index contributed by atoms with van der Waals surface area (Å²) in [6.45, 7) is 6.07. The highest BCUT2D eigenvalue weighted by Crippen LogP contribution is 2.20. The topological polar surface area (TPSA) is 23.6 Å². The van der Waals surface area contributed by atoms with Crippen molar-refractivity contribution in [3.05, 3.63) is 0 Å². The normalized spacial score (nSPS) is 11.9. The second-order valence-electron chi connectivity index (χ2n) is 3.65. The average molecular weight is 227 g/mol. The van der Waals surface area contributed by atoms with E-state index in [-0.39, 0.29) is 5.91 Å². The monoisotopic (exact) mass is 226 g/mol. The lowest BCUT2D eigenvalue weighted by Gasteiger charge is -2.32.